The number of hydrogen-bond donors (Lipinski definition) is 2. The highest BCUT2D eigenvalue weighted by Gasteiger charge is 2.33. The highest BCUT2D eigenvalue weighted by molar-refractivity contribution is 5.84. The molecule has 0 saturated carbocycles. The molecule has 34 heavy (non-hydrogen) atoms. The molecule has 2 amide bonds. The van der Waals surface area contributed by atoms with Gasteiger partial charge in [0, 0.05) is 24.9 Å². The van der Waals surface area contributed by atoms with E-state index in [2.05, 4.69) is 29.6 Å². The Morgan fingerprint density at radius 2 is 1.71 bits per heavy atom. The van der Waals surface area contributed by atoms with Crippen LogP contribution in [0.15, 0.2) is 48.5 Å². The lowest BCUT2D eigenvalue weighted by Crippen LogP contribution is -2.50. The number of nitrogens with zero attached hydrogens (tertiary/aromatic N) is 1. The third-order valence-corrected chi connectivity index (χ3v) is 6.83. The first-order chi connectivity index (χ1) is 16.5. The zero-order valence-corrected chi connectivity index (χ0v) is 19.5. The number of likely N-dealkylation sites (tertiary alicyclic amines) is 1. The zero-order chi connectivity index (χ0) is 24.1. The molecule has 7 heteroatoms. The van der Waals surface area contributed by atoms with Crippen molar-refractivity contribution in [3.63, 3.8) is 0 Å². The summed E-state index contributed by atoms with van der Waals surface area (Å²) in [5.74, 6) is -1.23. The number of rotatable bonds is 8. The maximum atomic E-state index is 12.9. The number of carbonyl (C=O) groups excluding carboxylic acids is 2. The minimum atomic E-state index is -0.968. The van der Waals surface area contributed by atoms with Gasteiger partial charge in [0.1, 0.15) is 12.6 Å². The van der Waals surface area contributed by atoms with E-state index in [1.54, 1.807) is 0 Å². The average Bonchev–Trinajstić information content (AvgIpc) is 3.16. The molecule has 0 spiro atoms. The number of hydrogen-bond acceptors (Lipinski definition) is 4. The molecule has 2 aromatic carbocycles. The number of ether oxygens (including phenoxy) is 1. The van der Waals surface area contributed by atoms with E-state index >= 15 is 0 Å². The second-order valence-corrected chi connectivity index (χ2v) is 9.10. The van der Waals surface area contributed by atoms with Crippen molar-refractivity contribution in [2.45, 2.75) is 63.5 Å². The number of piperidine rings is 1. The number of aliphatic carboxylic acids is 1. The molecule has 1 aliphatic carbocycles. The first-order valence-corrected chi connectivity index (χ1v) is 12.1. The molecule has 2 aromatic rings. The maximum Gasteiger partial charge on any atom is 0.407 e. The number of amides is 2. The van der Waals surface area contributed by atoms with Crippen LogP contribution < -0.4 is 5.32 Å². The van der Waals surface area contributed by atoms with E-state index in [9.17, 15) is 19.5 Å². The van der Waals surface area contributed by atoms with Gasteiger partial charge in [-0.2, -0.15) is 0 Å². The number of carbonyl (C=O) groups is 3. The standard InChI is InChI=1S/C27H32N2O5/c1-2-9-18(16-25(30)29-15-8-7-14-24(29)26(31)32)28-27(33)34-17-23-21-12-5-3-10-19(21)20-11-4-6-13-22(20)23/h3-6,10-13,18,23-24H,2,7-9,14-17H2,1H3,(H,28,33)(H,31,32)/t18-,24-/m1/s1. The van der Waals surface area contributed by atoms with Gasteiger partial charge in [-0.1, -0.05) is 61.9 Å². The van der Waals surface area contributed by atoms with Gasteiger partial charge >= 0.3 is 12.1 Å². The van der Waals surface area contributed by atoms with E-state index in [-0.39, 0.29) is 24.9 Å². The lowest BCUT2D eigenvalue weighted by atomic mass is 9.98. The Labute approximate surface area is 200 Å². The maximum absolute atomic E-state index is 12.9. The average molecular weight is 465 g/mol. The predicted octanol–water partition coefficient (Wildman–Crippen LogP) is 4.55. The third kappa shape index (κ3) is 5.08. The summed E-state index contributed by atoms with van der Waals surface area (Å²) >= 11 is 0. The van der Waals surface area contributed by atoms with Crippen molar-refractivity contribution in [1.29, 1.82) is 0 Å². The summed E-state index contributed by atoms with van der Waals surface area (Å²) in [6.07, 6.45) is 2.99. The summed E-state index contributed by atoms with van der Waals surface area (Å²) in [6.45, 7) is 2.64. The molecule has 0 aromatic heterocycles. The van der Waals surface area contributed by atoms with Crippen molar-refractivity contribution in [2.24, 2.45) is 0 Å². The second kappa shape index (κ2) is 10.7. The van der Waals surface area contributed by atoms with Crippen LogP contribution in [0.3, 0.4) is 0 Å². The van der Waals surface area contributed by atoms with Crippen molar-refractivity contribution in [1.82, 2.24) is 10.2 Å². The molecule has 0 radical (unpaired) electrons. The van der Waals surface area contributed by atoms with Crippen LogP contribution in [0.1, 0.15) is 62.5 Å². The molecule has 1 saturated heterocycles. The first kappa shape index (κ1) is 23.8. The summed E-state index contributed by atoms with van der Waals surface area (Å²) in [5, 5.41) is 12.3. The Morgan fingerprint density at radius 1 is 1.06 bits per heavy atom. The molecular weight excluding hydrogens is 432 g/mol. The van der Waals surface area contributed by atoms with Gasteiger partial charge in [-0.3, -0.25) is 4.79 Å². The van der Waals surface area contributed by atoms with Crippen molar-refractivity contribution in [3.05, 3.63) is 59.7 Å². The summed E-state index contributed by atoms with van der Waals surface area (Å²) in [7, 11) is 0. The van der Waals surface area contributed by atoms with Crippen molar-refractivity contribution in [3.8, 4) is 11.1 Å². The number of alkyl carbamates (subject to hydrolysis) is 1. The van der Waals surface area contributed by atoms with Gasteiger partial charge in [-0.15, -0.1) is 0 Å². The fraction of sp³-hybridized carbons (Fsp3) is 0.444. The normalized spacial score (nSPS) is 18.0. The van der Waals surface area contributed by atoms with Crippen molar-refractivity contribution < 1.29 is 24.2 Å². The van der Waals surface area contributed by atoms with Crippen LogP contribution in [0.4, 0.5) is 4.79 Å². The van der Waals surface area contributed by atoms with Crippen LogP contribution in [0.25, 0.3) is 11.1 Å². The molecule has 1 aliphatic heterocycles. The Morgan fingerprint density at radius 3 is 2.32 bits per heavy atom. The lowest BCUT2D eigenvalue weighted by Gasteiger charge is -2.34. The Bertz CT molecular complexity index is 1010. The predicted molar refractivity (Wildman–Crippen MR) is 129 cm³/mol. The molecule has 2 N–H and O–H groups in total. The quantitative estimate of drug-likeness (QED) is 0.598. The number of carboxylic acid groups (broad SMARTS) is 1. The van der Waals surface area contributed by atoms with Crippen LogP contribution in [0, 0.1) is 0 Å². The number of fused-ring (bicyclic) bond motifs is 3. The molecule has 0 bridgehead atoms. The highest BCUT2D eigenvalue weighted by atomic mass is 16.5. The number of benzene rings is 2. The molecule has 1 fully saturated rings. The van der Waals surface area contributed by atoms with E-state index in [4.69, 9.17) is 4.74 Å². The minimum absolute atomic E-state index is 0.0333. The first-order valence-electron chi connectivity index (χ1n) is 12.1. The Balaban J connectivity index is 1.37. The Hall–Kier alpha value is -3.35. The van der Waals surface area contributed by atoms with Crippen LogP contribution in [0.2, 0.25) is 0 Å². The van der Waals surface area contributed by atoms with Crippen molar-refractivity contribution >= 4 is 18.0 Å². The lowest BCUT2D eigenvalue weighted by molar-refractivity contribution is -0.152. The van der Waals surface area contributed by atoms with Gasteiger partial charge in [0.05, 0.1) is 0 Å². The topological polar surface area (TPSA) is 95.9 Å². The largest absolute Gasteiger partial charge is 0.480 e. The fourth-order valence-corrected chi connectivity index (χ4v) is 5.20. The van der Waals surface area contributed by atoms with Crippen LogP contribution in [-0.4, -0.2) is 53.2 Å². The minimum Gasteiger partial charge on any atom is -0.480 e. The van der Waals surface area contributed by atoms with Gasteiger partial charge in [0.25, 0.3) is 0 Å². The van der Waals surface area contributed by atoms with Gasteiger partial charge in [-0.25, -0.2) is 9.59 Å². The van der Waals surface area contributed by atoms with Crippen molar-refractivity contribution in [2.75, 3.05) is 13.2 Å². The van der Waals surface area contributed by atoms with Crippen LogP contribution >= 0.6 is 0 Å². The van der Waals surface area contributed by atoms with Crippen LogP contribution in [-0.2, 0) is 14.3 Å². The fourth-order valence-electron chi connectivity index (χ4n) is 5.20. The smallest absolute Gasteiger partial charge is 0.407 e. The molecule has 7 nitrogen and oxygen atoms in total. The van der Waals surface area contributed by atoms with Gasteiger partial charge in [-0.05, 0) is 47.9 Å². The zero-order valence-electron chi connectivity index (χ0n) is 19.5. The summed E-state index contributed by atoms with van der Waals surface area (Å²) < 4.78 is 5.63. The van der Waals surface area contributed by atoms with Gasteiger partial charge < -0.3 is 20.1 Å². The Kier molecular flexibility index (Phi) is 7.50. The summed E-state index contributed by atoms with van der Waals surface area (Å²) in [6, 6.07) is 15.1. The molecule has 180 valence electrons. The van der Waals surface area contributed by atoms with E-state index in [1.807, 2.05) is 31.2 Å². The van der Waals surface area contributed by atoms with E-state index in [1.165, 1.54) is 4.90 Å². The molecule has 1 heterocycles. The SMILES string of the molecule is CCC[C@H](CC(=O)N1CCCC[C@@H]1C(=O)O)NC(=O)OCC1c2ccccc2-c2ccccc21. The summed E-state index contributed by atoms with van der Waals surface area (Å²) in [5.41, 5.74) is 4.61. The van der Waals surface area contributed by atoms with Gasteiger partial charge in [0.2, 0.25) is 5.91 Å². The summed E-state index contributed by atoms with van der Waals surface area (Å²) in [4.78, 5) is 38.6. The van der Waals surface area contributed by atoms with Crippen LogP contribution in [0.5, 0.6) is 0 Å². The molecular formula is C27H32N2O5. The van der Waals surface area contributed by atoms with Gasteiger partial charge in [0.15, 0.2) is 0 Å². The molecule has 2 aliphatic rings. The molecule has 4 rings (SSSR count). The van der Waals surface area contributed by atoms with E-state index in [0.717, 1.165) is 41.5 Å². The third-order valence-electron chi connectivity index (χ3n) is 6.83. The molecule has 0 unspecified atom stereocenters. The highest BCUT2D eigenvalue weighted by Crippen LogP contribution is 2.44. The molecule has 2 atom stereocenters. The number of nitrogens with one attached hydrogen (secondary N) is 1. The van der Waals surface area contributed by atoms with E-state index < -0.39 is 24.1 Å². The monoisotopic (exact) mass is 464 g/mol. The second-order valence-electron chi connectivity index (χ2n) is 9.10. The number of carboxylic acids is 1. The van der Waals surface area contributed by atoms with E-state index in [0.29, 0.717) is 19.4 Å².